The molecule has 1 N–H and O–H groups in total. The zero-order chi connectivity index (χ0) is 13.1. The molecule has 0 saturated carbocycles. The van der Waals surface area contributed by atoms with Crippen molar-refractivity contribution < 1.29 is 13.2 Å². The number of hydrogen-bond acceptors (Lipinski definition) is 4. The van der Waals surface area contributed by atoms with Gasteiger partial charge in [0.1, 0.15) is 9.84 Å². The molecule has 0 atom stereocenters. The average molecular weight is 265 g/mol. The van der Waals surface area contributed by atoms with Gasteiger partial charge in [-0.25, -0.2) is 8.42 Å². The Labute approximate surface area is 106 Å². The normalized spacial score (nSPS) is 12.2. The zero-order valence-electron chi connectivity index (χ0n) is 11.4. The monoisotopic (exact) mass is 265 g/mol. The van der Waals surface area contributed by atoms with E-state index < -0.39 is 9.84 Å². The summed E-state index contributed by atoms with van der Waals surface area (Å²) in [6, 6.07) is 0. The topological polar surface area (TPSA) is 55.4 Å². The number of sulfone groups is 1. The number of ether oxygens (including phenoxy) is 1. The van der Waals surface area contributed by atoms with E-state index in [1.165, 1.54) is 0 Å². The van der Waals surface area contributed by atoms with Crippen LogP contribution in [0.15, 0.2) is 0 Å². The third kappa shape index (κ3) is 12.1. The van der Waals surface area contributed by atoms with Gasteiger partial charge in [0.05, 0.1) is 11.9 Å². The lowest BCUT2D eigenvalue weighted by atomic mass is 10.3. The van der Waals surface area contributed by atoms with E-state index in [9.17, 15) is 8.42 Å². The van der Waals surface area contributed by atoms with Gasteiger partial charge in [-0.3, -0.25) is 0 Å². The molecule has 0 spiro atoms. The van der Waals surface area contributed by atoms with Gasteiger partial charge in [0, 0.05) is 12.4 Å². The second-order valence-electron chi connectivity index (χ2n) is 4.47. The number of unbranched alkanes of at least 4 members (excludes halogenated alkanes) is 1. The van der Waals surface area contributed by atoms with Crippen LogP contribution in [0, 0.1) is 0 Å². The molecule has 0 heterocycles. The summed E-state index contributed by atoms with van der Waals surface area (Å²) >= 11 is 0. The van der Waals surface area contributed by atoms with Gasteiger partial charge in [0.25, 0.3) is 0 Å². The van der Waals surface area contributed by atoms with Crippen molar-refractivity contribution in [3.63, 3.8) is 0 Å². The predicted molar refractivity (Wildman–Crippen MR) is 72.1 cm³/mol. The molecule has 5 heteroatoms. The van der Waals surface area contributed by atoms with Crippen molar-refractivity contribution in [3.8, 4) is 0 Å². The third-order valence-electron chi connectivity index (χ3n) is 2.45. The average Bonchev–Trinajstić information content (AvgIpc) is 2.26. The van der Waals surface area contributed by atoms with Crippen LogP contribution >= 0.6 is 0 Å². The van der Waals surface area contributed by atoms with Crippen LogP contribution in [0.1, 0.15) is 40.0 Å². The quantitative estimate of drug-likeness (QED) is 0.577. The van der Waals surface area contributed by atoms with Gasteiger partial charge in [0.15, 0.2) is 0 Å². The molecular weight excluding hydrogens is 238 g/mol. The highest BCUT2D eigenvalue weighted by atomic mass is 32.2. The maximum Gasteiger partial charge on any atom is 0.150 e. The summed E-state index contributed by atoms with van der Waals surface area (Å²) in [7, 11) is -2.79. The first kappa shape index (κ1) is 16.9. The Morgan fingerprint density at radius 3 is 2.35 bits per heavy atom. The summed E-state index contributed by atoms with van der Waals surface area (Å²) in [5.74, 6) is 0.548. The predicted octanol–water partition coefficient (Wildman–Crippen LogP) is 1.61. The number of hydrogen-bond donors (Lipinski definition) is 1. The largest absolute Gasteiger partial charge is 0.379 e. The molecule has 0 aromatic carbocycles. The highest BCUT2D eigenvalue weighted by Gasteiger charge is 2.05. The fourth-order valence-corrected chi connectivity index (χ4v) is 2.23. The lowest BCUT2D eigenvalue weighted by Crippen LogP contribution is -2.20. The van der Waals surface area contributed by atoms with E-state index in [2.05, 4.69) is 5.32 Å². The first-order chi connectivity index (χ1) is 7.98. The first-order valence-corrected chi connectivity index (χ1v) is 8.33. The van der Waals surface area contributed by atoms with Crippen molar-refractivity contribution in [1.29, 1.82) is 0 Å². The summed E-state index contributed by atoms with van der Waals surface area (Å²) < 4.78 is 27.8. The van der Waals surface area contributed by atoms with Crippen LogP contribution in [0.3, 0.4) is 0 Å². The fraction of sp³-hybridized carbons (Fsp3) is 1.00. The molecule has 0 saturated heterocycles. The summed E-state index contributed by atoms with van der Waals surface area (Å²) in [4.78, 5) is 0. The smallest absolute Gasteiger partial charge is 0.150 e. The van der Waals surface area contributed by atoms with Crippen LogP contribution in [0.5, 0.6) is 0 Å². The fourth-order valence-electron chi connectivity index (χ4n) is 1.36. The van der Waals surface area contributed by atoms with Crippen LogP contribution < -0.4 is 5.32 Å². The van der Waals surface area contributed by atoms with Crippen LogP contribution in [0.25, 0.3) is 0 Å². The van der Waals surface area contributed by atoms with E-state index in [1.54, 1.807) is 6.92 Å². The van der Waals surface area contributed by atoms with Crippen molar-refractivity contribution >= 4 is 9.84 Å². The van der Waals surface area contributed by atoms with Crippen LogP contribution in [0.4, 0.5) is 0 Å². The highest BCUT2D eigenvalue weighted by Crippen LogP contribution is 1.94. The molecule has 0 aliphatic rings. The molecule has 104 valence electrons. The number of rotatable bonds is 11. The summed E-state index contributed by atoms with van der Waals surface area (Å²) in [5.41, 5.74) is 0. The second-order valence-corrected chi connectivity index (χ2v) is 6.94. The van der Waals surface area contributed by atoms with E-state index in [4.69, 9.17) is 4.74 Å². The molecular formula is C12H27NO3S. The summed E-state index contributed by atoms with van der Waals surface area (Å²) in [5, 5.41) is 3.25. The maximum atomic E-state index is 11.2. The Morgan fingerprint density at radius 2 is 1.76 bits per heavy atom. The SMILES string of the molecule is CCS(=O)(=O)CCCNCCCCOC(C)C. The van der Waals surface area contributed by atoms with Crippen molar-refractivity contribution in [2.24, 2.45) is 0 Å². The molecule has 0 aromatic rings. The van der Waals surface area contributed by atoms with E-state index in [1.807, 2.05) is 13.8 Å². The standard InChI is InChI=1S/C12H27NO3S/c1-4-17(14,15)11-7-9-13-8-5-6-10-16-12(2)3/h12-13H,4-11H2,1-3H3. The third-order valence-corrected chi connectivity index (χ3v) is 4.24. The summed E-state index contributed by atoms with van der Waals surface area (Å²) in [6.07, 6.45) is 3.15. The van der Waals surface area contributed by atoms with E-state index in [0.29, 0.717) is 18.3 Å². The molecule has 0 radical (unpaired) electrons. The molecule has 0 fully saturated rings. The molecule has 4 nitrogen and oxygen atoms in total. The van der Waals surface area contributed by atoms with Gasteiger partial charge in [-0.1, -0.05) is 6.92 Å². The van der Waals surface area contributed by atoms with Crippen LogP contribution in [-0.2, 0) is 14.6 Å². The highest BCUT2D eigenvalue weighted by molar-refractivity contribution is 7.91. The van der Waals surface area contributed by atoms with Crippen LogP contribution in [-0.4, -0.2) is 45.7 Å². The Hall–Kier alpha value is -0.130. The van der Waals surface area contributed by atoms with E-state index >= 15 is 0 Å². The summed E-state index contributed by atoms with van der Waals surface area (Å²) in [6.45, 7) is 8.29. The van der Waals surface area contributed by atoms with Gasteiger partial charge in [-0.15, -0.1) is 0 Å². The van der Waals surface area contributed by atoms with Crippen molar-refractivity contribution in [2.45, 2.75) is 46.1 Å². The lowest BCUT2D eigenvalue weighted by molar-refractivity contribution is 0.0760. The minimum atomic E-state index is -2.79. The Kier molecular flexibility index (Phi) is 9.78. The van der Waals surface area contributed by atoms with Gasteiger partial charge < -0.3 is 10.1 Å². The molecule has 0 rings (SSSR count). The molecule has 0 aromatic heterocycles. The molecule has 0 unspecified atom stereocenters. The van der Waals surface area contributed by atoms with Gasteiger partial charge in [0.2, 0.25) is 0 Å². The van der Waals surface area contributed by atoms with Gasteiger partial charge in [-0.05, 0) is 46.2 Å². The Morgan fingerprint density at radius 1 is 1.12 bits per heavy atom. The molecule has 0 amide bonds. The van der Waals surface area contributed by atoms with Crippen molar-refractivity contribution in [1.82, 2.24) is 5.32 Å². The minimum absolute atomic E-state index is 0.250. The molecule has 0 bridgehead atoms. The molecule has 0 aliphatic heterocycles. The Bertz CT molecular complexity index is 263. The Balaban J connectivity index is 3.19. The maximum absolute atomic E-state index is 11.2. The minimum Gasteiger partial charge on any atom is -0.379 e. The van der Waals surface area contributed by atoms with Crippen molar-refractivity contribution in [2.75, 3.05) is 31.2 Å². The van der Waals surface area contributed by atoms with Gasteiger partial charge in [-0.2, -0.15) is 0 Å². The first-order valence-electron chi connectivity index (χ1n) is 6.50. The van der Waals surface area contributed by atoms with Gasteiger partial charge >= 0.3 is 0 Å². The molecule has 0 aliphatic carbocycles. The number of nitrogens with one attached hydrogen (secondary N) is 1. The lowest BCUT2D eigenvalue weighted by Gasteiger charge is -2.07. The van der Waals surface area contributed by atoms with E-state index in [0.717, 1.165) is 32.5 Å². The van der Waals surface area contributed by atoms with Crippen molar-refractivity contribution in [3.05, 3.63) is 0 Å². The van der Waals surface area contributed by atoms with Crippen LogP contribution in [0.2, 0.25) is 0 Å². The van der Waals surface area contributed by atoms with E-state index in [-0.39, 0.29) is 5.75 Å². The second kappa shape index (κ2) is 9.85. The zero-order valence-corrected chi connectivity index (χ0v) is 12.2. The molecule has 17 heavy (non-hydrogen) atoms.